The van der Waals surface area contributed by atoms with Gasteiger partial charge in [0.05, 0.1) is 21.5 Å². The molecule has 0 unspecified atom stereocenters. The molecule has 1 N–H and O–H groups in total. The maximum atomic E-state index is 13.0. The molecule has 1 fully saturated rings. The number of methoxy groups -OCH3 is 2. The highest BCUT2D eigenvalue weighted by atomic mass is 35.5. The number of carbonyl (C=O) groups is 3. The number of nitrogens with one attached hydrogen (secondary N) is 1. The second-order valence-corrected chi connectivity index (χ2v) is 10.2. The average molecular weight is 603 g/mol. The number of benzene rings is 3. The van der Waals surface area contributed by atoms with Crippen molar-refractivity contribution in [2.75, 3.05) is 33.1 Å². The second-order valence-electron chi connectivity index (χ2n) is 8.36. The zero-order chi connectivity index (χ0) is 28.6. The summed E-state index contributed by atoms with van der Waals surface area (Å²) in [6, 6.07) is 16.5. The first-order chi connectivity index (χ1) is 19.3. The first-order valence-electron chi connectivity index (χ1n) is 11.8. The number of nitrogens with zero attached hydrogens (tertiary/aromatic N) is 1. The first kappa shape index (κ1) is 29.4. The van der Waals surface area contributed by atoms with Gasteiger partial charge in [-0.1, -0.05) is 41.4 Å². The molecule has 0 bridgehead atoms. The molecule has 1 aliphatic rings. The normalized spacial score (nSPS) is 14.1. The third-order valence-electron chi connectivity index (χ3n) is 5.51. The van der Waals surface area contributed by atoms with Crippen LogP contribution in [0.5, 0.6) is 11.5 Å². The fourth-order valence-corrected chi connectivity index (χ4v) is 4.80. The predicted molar refractivity (Wildman–Crippen MR) is 154 cm³/mol. The number of imide groups is 1. The van der Waals surface area contributed by atoms with Gasteiger partial charge in [0, 0.05) is 31.5 Å². The molecule has 9 nitrogen and oxygen atoms in total. The molecule has 4 rings (SSSR count). The van der Waals surface area contributed by atoms with Crippen molar-refractivity contribution >= 4 is 63.8 Å². The minimum absolute atomic E-state index is 0.0123. The quantitative estimate of drug-likeness (QED) is 0.197. The maximum Gasteiger partial charge on any atom is 0.293 e. The van der Waals surface area contributed by atoms with E-state index in [1.165, 1.54) is 14.2 Å². The van der Waals surface area contributed by atoms with E-state index >= 15 is 0 Å². The van der Waals surface area contributed by atoms with Crippen LogP contribution in [0.3, 0.4) is 0 Å². The van der Waals surface area contributed by atoms with Crippen LogP contribution >= 0.6 is 35.0 Å². The Labute approximate surface area is 244 Å². The molecule has 1 heterocycles. The maximum absolute atomic E-state index is 13.0. The Balaban J connectivity index is 1.47. The Morgan fingerprint density at radius 3 is 2.40 bits per heavy atom. The molecule has 1 aliphatic heterocycles. The van der Waals surface area contributed by atoms with Gasteiger partial charge in [-0.05, 0) is 65.4 Å². The Morgan fingerprint density at radius 1 is 0.925 bits per heavy atom. The smallest absolute Gasteiger partial charge is 0.293 e. The molecule has 0 aromatic heterocycles. The Morgan fingerprint density at radius 2 is 1.68 bits per heavy atom. The molecule has 0 atom stereocenters. The average Bonchev–Trinajstić information content (AvgIpc) is 3.20. The number of anilines is 1. The van der Waals surface area contributed by atoms with E-state index in [2.05, 4.69) is 5.32 Å². The molecule has 3 aromatic carbocycles. The number of rotatable bonds is 11. The Hall–Kier alpha value is -3.54. The van der Waals surface area contributed by atoms with Gasteiger partial charge in [0.25, 0.3) is 17.1 Å². The number of carbonyl (C=O) groups excluding carboxylic acids is 3. The SMILES string of the molecule is COCOc1ccc(NC(=O)c2cccc(C=C3SC(=O)N(Cc4ccc(Cl)c(Cl)c4)C3=O)c2)cc1OCOC. The van der Waals surface area contributed by atoms with E-state index in [1.54, 1.807) is 66.7 Å². The summed E-state index contributed by atoms with van der Waals surface area (Å²) in [5.41, 5.74) is 2.07. The van der Waals surface area contributed by atoms with Crippen LogP contribution in [-0.4, -0.2) is 49.8 Å². The van der Waals surface area contributed by atoms with E-state index in [1.807, 2.05) is 0 Å². The predicted octanol–water partition coefficient (Wildman–Crippen LogP) is 6.45. The van der Waals surface area contributed by atoms with Crippen molar-refractivity contribution in [3.8, 4) is 11.5 Å². The highest BCUT2D eigenvalue weighted by molar-refractivity contribution is 8.18. The van der Waals surface area contributed by atoms with E-state index in [0.717, 1.165) is 16.7 Å². The van der Waals surface area contributed by atoms with Crippen LogP contribution in [0.25, 0.3) is 6.08 Å². The zero-order valence-corrected chi connectivity index (χ0v) is 23.8. The minimum atomic E-state index is -0.435. The number of thioether (sulfide) groups is 1. The van der Waals surface area contributed by atoms with Crippen molar-refractivity contribution in [1.29, 1.82) is 0 Å². The van der Waals surface area contributed by atoms with Gasteiger partial charge in [0.15, 0.2) is 25.1 Å². The van der Waals surface area contributed by atoms with E-state index < -0.39 is 11.1 Å². The number of halogens is 2. The Bertz CT molecular complexity index is 1460. The Kier molecular flexibility index (Phi) is 10.1. The summed E-state index contributed by atoms with van der Waals surface area (Å²) >= 11 is 12.8. The molecule has 0 spiro atoms. The van der Waals surface area contributed by atoms with Crippen LogP contribution < -0.4 is 14.8 Å². The largest absolute Gasteiger partial charge is 0.464 e. The highest BCUT2D eigenvalue weighted by Gasteiger charge is 2.35. The van der Waals surface area contributed by atoms with Crippen molar-refractivity contribution in [2.24, 2.45) is 0 Å². The van der Waals surface area contributed by atoms with Crippen LogP contribution in [0, 0.1) is 0 Å². The van der Waals surface area contributed by atoms with E-state index in [0.29, 0.717) is 43.9 Å². The summed E-state index contributed by atoms with van der Waals surface area (Å²) in [5, 5.41) is 3.14. The van der Waals surface area contributed by atoms with E-state index in [9.17, 15) is 14.4 Å². The number of amides is 3. The molecule has 3 amide bonds. The summed E-state index contributed by atoms with van der Waals surface area (Å²) in [6.45, 7) is 0.0747. The zero-order valence-electron chi connectivity index (χ0n) is 21.4. The fraction of sp³-hybridized carbons (Fsp3) is 0.179. The third-order valence-corrected chi connectivity index (χ3v) is 7.16. The van der Waals surface area contributed by atoms with Gasteiger partial charge in [0.2, 0.25) is 0 Å². The summed E-state index contributed by atoms with van der Waals surface area (Å²) in [5.74, 6) is -0.0319. The number of hydrogen-bond donors (Lipinski definition) is 1. The lowest BCUT2D eigenvalue weighted by Crippen LogP contribution is -2.27. The molecule has 208 valence electrons. The summed E-state index contributed by atoms with van der Waals surface area (Å²) in [7, 11) is 2.99. The summed E-state index contributed by atoms with van der Waals surface area (Å²) in [6.07, 6.45) is 1.58. The molecule has 3 aromatic rings. The summed E-state index contributed by atoms with van der Waals surface area (Å²) in [4.78, 5) is 39.9. The van der Waals surface area contributed by atoms with Crippen molar-refractivity contribution in [1.82, 2.24) is 4.90 Å². The van der Waals surface area contributed by atoms with Crippen LogP contribution in [0.1, 0.15) is 21.5 Å². The first-order valence-corrected chi connectivity index (χ1v) is 13.3. The monoisotopic (exact) mass is 602 g/mol. The van der Waals surface area contributed by atoms with Crippen LogP contribution in [0.15, 0.2) is 65.6 Å². The molecule has 0 aliphatic carbocycles. The molecule has 0 radical (unpaired) electrons. The van der Waals surface area contributed by atoms with Gasteiger partial charge in [0.1, 0.15) is 0 Å². The molecule has 40 heavy (non-hydrogen) atoms. The molecule has 12 heteroatoms. The van der Waals surface area contributed by atoms with Crippen molar-refractivity contribution in [2.45, 2.75) is 6.54 Å². The third kappa shape index (κ3) is 7.35. The van der Waals surface area contributed by atoms with Crippen molar-refractivity contribution in [3.05, 3.63) is 92.3 Å². The second kappa shape index (κ2) is 13.7. The topological polar surface area (TPSA) is 103 Å². The molecule has 0 saturated carbocycles. The van der Waals surface area contributed by atoms with Gasteiger partial charge in [-0.25, -0.2) is 0 Å². The van der Waals surface area contributed by atoms with E-state index in [-0.39, 0.29) is 30.9 Å². The van der Waals surface area contributed by atoms with Gasteiger partial charge in [-0.3, -0.25) is 19.3 Å². The van der Waals surface area contributed by atoms with Gasteiger partial charge in [-0.15, -0.1) is 0 Å². The van der Waals surface area contributed by atoms with E-state index in [4.69, 9.17) is 42.1 Å². The molecular formula is C28H24Cl2N2O7S. The standard InChI is InChI=1S/C28H24Cl2N2O7S/c1-36-15-38-23-9-7-20(13-24(23)39-16-37-2)31-26(33)19-5-3-4-17(10-19)12-25-27(34)32(28(35)40-25)14-18-6-8-21(29)22(30)11-18/h3-13H,14-16H2,1-2H3,(H,31,33). The number of ether oxygens (including phenoxy) is 4. The molecular weight excluding hydrogens is 579 g/mol. The lowest BCUT2D eigenvalue weighted by Gasteiger charge is -2.14. The van der Waals surface area contributed by atoms with Gasteiger partial charge >= 0.3 is 0 Å². The fourth-order valence-electron chi connectivity index (χ4n) is 3.64. The van der Waals surface area contributed by atoms with Gasteiger partial charge < -0.3 is 24.3 Å². The summed E-state index contributed by atoms with van der Waals surface area (Å²) < 4.78 is 20.9. The van der Waals surface area contributed by atoms with Crippen LogP contribution in [0.4, 0.5) is 10.5 Å². The molecule has 1 saturated heterocycles. The van der Waals surface area contributed by atoms with Gasteiger partial charge in [-0.2, -0.15) is 0 Å². The lowest BCUT2D eigenvalue weighted by molar-refractivity contribution is -0.123. The van der Waals surface area contributed by atoms with Crippen molar-refractivity contribution in [3.63, 3.8) is 0 Å². The van der Waals surface area contributed by atoms with Crippen molar-refractivity contribution < 1.29 is 33.3 Å². The highest BCUT2D eigenvalue weighted by Crippen LogP contribution is 2.34. The lowest BCUT2D eigenvalue weighted by atomic mass is 10.1. The minimum Gasteiger partial charge on any atom is -0.464 e. The van der Waals surface area contributed by atoms with Crippen LogP contribution in [-0.2, 0) is 20.8 Å². The number of hydrogen-bond acceptors (Lipinski definition) is 8. The van der Waals surface area contributed by atoms with Crippen LogP contribution in [0.2, 0.25) is 10.0 Å².